The summed E-state index contributed by atoms with van der Waals surface area (Å²) in [4.78, 5) is 12.2. The molecule has 152 valence electrons. The number of methoxy groups -OCH3 is 2. The van der Waals surface area contributed by atoms with Gasteiger partial charge in [0.2, 0.25) is 15.9 Å². The van der Waals surface area contributed by atoms with Crippen molar-refractivity contribution in [1.29, 1.82) is 0 Å². The number of benzene rings is 2. The molecule has 2 aromatic carbocycles. The molecule has 28 heavy (non-hydrogen) atoms. The summed E-state index contributed by atoms with van der Waals surface area (Å²) >= 11 is 0. The molecule has 2 rings (SSSR count). The summed E-state index contributed by atoms with van der Waals surface area (Å²) in [7, 11) is -0.657. The van der Waals surface area contributed by atoms with Gasteiger partial charge in [0.15, 0.2) is 0 Å². The lowest BCUT2D eigenvalue weighted by atomic mass is 10.3. The molecular formula is C19H24N2O6S. The van der Waals surface area contributed by atoms with Gasteiger partial charge < -0.3 is 19.5 Å². The van der Waals surface area contributed by atoms with Crippen LogP contribution in [-0.4, -0.2) is 54.5 Å². The molecule has 1 amide bonds. The van der Waals surface area contributed by atoms with Crippen molar-refractivity contribution in [2.75, 3.05) is 44.5 Å². The molecule has 8 nitrogen and oxygen atoms in total. The van der Waals surface area contributed by atoms with E-state index in [1.165, 1.54) is 7.11 Å². The molecule has 0 saturated carbocycles. The van der Waals surface area contributed by atoms with Crippen LogP contribution in [0.1, 0.15) is 0 Å². The third-order valence-corrected chi connectivity index (χ3v) is 4.92. The summed E-state index contributed by atoms with van der Waals surface area (Å²) in [5.41, 5.74) is 0.303. The smallest absolute Gasteiger partial charge is 0.240 e. The van der Waals surface area contributed by atoms with Gasteiger partial charge >= 0.3 is 0 Å². The molecule has 0 saturated heterocycles. The maximum atomic E-state index is 12.2. The SMILES string of the molecule is COc1ccc(OCCNC(=O)CN(c2ccccc2OC)S(C)(=O)=O)cc1. The zero-order chi connectivity index (χ0) is 20.6. The predicted octanol–water partition coefficient (Wildman–Crippen LogP) is 1.66. The lowest BCUT2D eigenvalue weighted by Gasteiger charge is -2.23. The Labute approximate surface area is 165 Å². The van der Waals surface area contributed by atoms with Crippen LogP contribution in [0.25, 0.3) is 0 Å². The lowest BCUT2D eigenvalue weighted by Crippen LogP contribution is -2.41. The average Bonchev–Trinajstić information content (AvgIpc) is 2.69. The monoisotopic (exact) mass is 408 g/mol. The lowest BCUT2D eigenvalue weighted by molar-refractivity contribution is -0.119. The van der Waals surface area contributed by atoms with Gasteiger partial charge in [-0.15, -0.1) is 0 Å². The van der Waals surface area contributed by atoms with Gasteiger partial charge in [-0.2, -0.15) is 0 Å². The van der Waals surface area contributed by atoms with E-state index in [1.807, 2.05) is 0 Å². The molecule has 0 aliphatic carbocycles. The highest BCUT2D eigenvalue weighted by Crippen LogP contribution is 2.29. The molecule has 1 N–H and O–H groups in total. The van der Waals surface area contributed by atoms with Gasteiger partial charge in [0.05, 0.1) is 32.7 Å². The quantitative estimate of drug-likeness (QED) is 0.601. The zero-order valence-corrected chi connectivity index (χ0v) is 16.9. The van der Waals surface area contributed by atoms with Gasteiger partial charge in [-0.1, -0.05) is 12.1 Å². The first-order valence-electron chi connectivity index (χ1n) is 8.49. The second kappa shape index (κ2) is 9.84. The van der Waals surface area contributed by atoms with Gasteiger partial charge in [0.25, 0.3) is 0 Å². The number of nitrogens with one attached hydrogen (secondary N) is 1. The van der Waals surface area contributed by atoms with E-state index >= 15 is 0 Å². The molecule has 0 bridgehead atoms. The fourth-order valence-electron chi connectivity index (χ4n) is 2.43. The van der Waals surface area contributed by atoms with Gasteiger partial charge in [0.1, 0.15) is 30.4 Å². The maximum absolute atomic E-state index is 12.2. The van der Waals surface area contributed by atoms with E-state index in [0.29, 0.717) is 17.2 Å². The Hall–Kier alpha value is -2.94. The fourth-order valence-corrected chi connectivity index (χ4v) is 3.29. The minimum absolute atomic E-state index is 0.231. The van der Waals surface area contributed by atoms with Crippen molar-refractivity contribution >= 4 is 21.6 Å². The highest BCUT2D eigenvalue weighted by Gasteiger charge is 2.23. The van der Waals surface area contributed by atoms with Crippen LogP contribution in [0.3, 0.4) is 0 Å². The number of sulfonamides is 1. The number of anilines is 1. The van der Waals surface area contributed by atoms with Crippen molar-refractivity contribution in [3.05, 3.63) is 48.5 Å². The number of hydrogen-bond acceptors (Lipinski definition) is 6. The predicted molar refractivity (Wildman–Crippen MR) is 107 cm³/mol. The summed E-state index contributed by atoms with van der Waals surface area (Å²) in [5, 5.41) is 2.65. The standard InChI is InChI=1S/C19H24N2O6S/c1-25-15-8-10-16(11-9-15)27-13-12-20-19(22)14-21(28(3,23)24)17-6-4-5-7-18(17)26-2/h4-11H,12-14H2,1-3H3,(H,20,22). The zero-order valence-electron chi connectivity index (χ0n) is 16.0. The maximum Gasteiger partial charge on any atom is 0.240 e. The minimum atomic E-state index is -3.68. The van der Waals surface area contributed by atoms with Gasteiger partial charge in [-0.3, -0.25) is 9.10 Å². The molecule has 0 heterocycles. The van der Waals surface area contributed by atoms with Crippen LogP contribution < -0.4 is 23.8 Å². The van der Waals surface area contributed by atoms with E-state index < -0.39 is 15.9 Å². The number of carbonyl (C=O) groups is 1. The molecule has 0 aromatic heterocycles. The average molecular weight is 408 g/mol. The normalized spacial score (nSPS) is 10.8. The Morgan fingerprint density at radius 1 is 1.00 bits per heavy atom. The van der Waals surface area contributed by atoms with Crippen LogP contribution in [0.4, 0.5) is 5.69 Å². The van der Waals surface area contributed by atoms with Crippen LogP contribution in [0.2, 0.25) is 0 Å². The van der Waals surface area contributed by atoms with Crippen LogP contribution in [0.5, 0.6) is 17.2 Å². The second-order valence-electron chi connectivity index (χ2n) is 5.82. The number of carbonyl (C=O) groups excluding carboxylic acids is 1. The number of hydrogen-bond donors (Lipinski definition) is 1. The topological polar surface area (TPSA) is 94.2 Å². The molecule has 2 aromatic rings. The molecule has 0 atom stereocenters. The first kappa shape index (κ1) is 21.4. The summed E-state index contributed by atoms with van der Waals surface area (Å²) in [6.45, 7) is 0.113. The molecule has 0 unspecified atom stereocenters. The second-order valence-corrected chi connectivity index (χ2v) is 7.72. The van der Waals surface area contributed by atoms with Gasteiger partial charge in [-0.05, 0) is 36.4 Å². The van der Waals surface area contributed by atoms with E-state index in [2.05, 4.69) is 5.32 Å². The van der Waals surface area contributed by atoms with Crippen molar-refractivity contribution in [2.24, 2.45) is 0 Å². The van der Waals surface area contributed by atoms with E-state index in [4.69, 9.17) is 14.2 Å². The highest BCUT2D eigenvalue weighted by molar-refractivity contribution is 7.92. The van der Waals surface area contributed by atoms with Crippen LogP contribution in [-0.2, 0) is 14.8 Å². The number of para-hydroxylation sites is 2. The molecule has 9 heteroatoms. The molecule has 0 aliphatic rings. The van der Waals surface area contributed by atoms with Crippen molar-refractivity contribution in [3.63, 3.8) is 0 Å². The Bertz CT molecular complexity index is 884. The van der Waals surface area contributed by atoms with Crippen LogP contribution in [0.15, 0.2) is 48.5 Å². The van der Waals surface area contributed by atoms with Crippen molar-refractivity contribution < 1.29 is 27.4 Å². The van der Waals surface area contributed by atoms with Crippen LogP contribution in [0, 0.1) is 0 Å². The molecular weight excluding hydrogens is 384 g/mol. The van der Waals surface area contributed by atoms with E-state index in [1.54, 1.807) is 55.6 Å². The molecule has 0 radical (unpaired) electrons. The first-order chi connectivity index (χ1) is 13.3. The fraction of sp³-hybridized carbons (Fsp3) is 0.316. The Balaban J connectivity index is 1.91. The van der Waals surface area contributed by atoms with E-state index in [-0.39, 0.29) is 19.7 Å². The third kappa shape index (κ3) is 6.05. The summed E-state index contributed by atoms with van der Waals surface area (Å²) in [6, 6.07) is 13.7. The third-order valence-electron chi connectivity index (χ3n) is 3.79. The molecule has 0 aliphatic heterocycles. The summed E-state index contributed by atoms with van der Waals surface area (Å²) in [6.07, 6.45) is 1.04. The van der Waals surface area contributed by atoms with Crippen LogP contribution >= 0.6 is 0 Å². The highest BCUT2D eigenvalue weighted by atomic mass is 32.2. The molecule has 0 fully saturated rings. The first-order valence-corrected chi connectivity index (χ1v) is 10.3. The van der Waals surface area contributed by atoms with Crippen molar-refractivity contribution in [3.8, 4) is 17.2 Å². The van der Waals surface area contributed by atoms with E-state index in [0.717, 1.165) is 16.3 Å². The Morgan fingerprint density at radius 2 is 1.64 bits per heavy atom. The van der Waals surface area contributed by atoms with Gasteiger partial charge in [0, 0.05) is 0 Å². The van der Waals surface area contributed by atoms with Crippen molar-refractivity contribution in [1.82, 2.24) is 5.32 Å². The number of nitrogens with zero attached hydrogens (tertiary/aromatic N) is 1. The summed E-state index contributed by atoms with van der Waals surface area (Å²) < 4.78 is 41.1. The largest absolute Gasteiger partial charge is 0.497 e. The number of ether oxygens (including phenoxy) is 3. The number of amides is 1. The van der Waals surface area contributed by atoms with Crippen molar-refractivity contribution in [2.45, 2.75) is 0 Å². The minimum Gasteiger partial charge on any atom is -0.497 e. The summed E-state index contributed by atoms with van der Waals surface area (Å²) in [5.74, 6) is 1.28. The molecule has 0 spiro atoms. The van der Waals surface area contributed by atoms with Gasteiger partial charge in [-0.25, -0.2) is 8.42 Å². The number of rotatable bonds is 10. The Morgan fingerprint density at radius 3 is 2.25 bits per heavy atom. The van der Waals surface area contributed by atoms with E-state index in [9.17, 15) is 13.2 Å². The Kier molecular flexibility index (Phi) is 7.51.